The average Bonchev–Trinajstić information content (AvgIpc) is 2.76. The fraction of sp³-hybridized carbons (Fsp3) is 0.259. The van der Waals surface area contributed by atoms with Crippen molar-refractivity contribution in [2.24, 2.45) is 0 Å². The van der Waals surface area contributed by atoms with Gasteiger partial charge in [-0.1, -0.05) is 82.1 Å². The molecule has 0 bridgehead atoms. The van der Waals surface area contributed by atoms with Crippen molar-refractivity contribution >= 4 is 39.3 Å². The van der Waals surface area contributed by atoms with Gasteiger partial charge in [-0.05, 0) is 54.8 Å². The molecule has 3 aromatic carbocycles. The summed E-state index contributed by atoms with van der Waals surface area (Å²) in [6.45, 7) is 4.16. The van der Waals surface area contributed by atoms with Gasteiger partial charge in [-0.3, -0.25) is 9.59 Å². The van der Waals surface area contributed by atoms with Crippen LogP contribution in [0.3, 0.4) is 0 Å². The van der Waals surface area contributed by atoms with E-state index in [0.29, 0.717) is 18.0 Å². The van der Waals surface area contributed by atoms with Crippen molar-refractivity contribution in [3.05, 3.63) is 105 Å². The van der Waals surface area contributed by atoms with Crippen LogP contribution in [0.5, 0.6) is 0 Å². The van der Waals surface area contributed by atoms with Gasteiger partial charge in [0, 0.05) is 28.5 Å². The van der Waals surface area contributed by atoms with E-state index in [1.54, 1.807) is 17.0 Å². The summed E-state index contributed by atoms with van der Waals surface area (Å²) in [5.74, 6) is -0.291. The lowest BCUT2D eigenvalue weighted by Gasteiger charge is -2.32. The molecule has 3 aromatic rings. The fourth-order valence-corrected chi connectivity index (χ4v) is 4.35. The molecule has 6 heteroatoms. The number of hydrogen-bond donors (Lipinski definition) is 1. The van der Waals surface area contributed by atoms with Crippen molar-refractivity contribution in [1.82, 2.24) is 10.2 Å². The van der Waals surface area contributed by atoms with Crippen LogP contribution in [-0.4, -0.2) is 28.8 Å². The van der Waals surface area contributed by atoms with Crippen LogP contribution in [0.25, 0.3) is 0 Å². The Morgan fingerprint density at radius 1 is 0.909 bits per heavy atom. The van der Waals surface area contributed by atoms with Gasteiger partial charge in [-0.15, -0.1) is 0 Å². The second-order valence-corrected chi connectivity index (χ2v) is 9.68. The Kier molecular flexibility index (Phi) is 9.10. The first kappa shape index (κ1) is 25.0. The molecule has 0 saturated carbocycles. The zero-order valence-corrected chi connectivity index (χ0v) is 21.1. The maximum absolute atomic E-state index is 13.6. The Labute approximate surface area is 209 Å². The van der Waals surface area contributed by atoms with Crippen LogP contribution in [-0.2, 0) is 29.0 Å². The van der Waals surface area contributed by atoms with E-state index in [9.17, 15) is 9.59 Å². The number of amides is 2. The first-order chi connectivity index (χ1) is 15.8. The normalized spacial score (nSPS) is 11.8. The lowest BCUT2D eigenvalue weighted by molar-refractivity contribution is -0.141. The van der Waals surface area contributed by atoms with Gasteiger partial charge >= 0.3 is 0 Å². The van der Waals surface area contributed by atoms with E-state index in [2.05, 4.69) is 21.2 Å². The number of benzene rings is 3. The summed E-state index contributed by atoms with van der Waals surface area (Å²) in [5, 5.41) is 3.59. The summed E-state index contributed by atoms with van der Waals surface area (Å²) >= 11 is 9.64. The first-order valence-electron chi connectivity index (χ1n) is 10.9. The largest absolute Gasteiger partial charge is 0.352 e. The van der Waals surface area contributed by atoms with Crippen LogP contribution in [0.15, 0.2) is 83.3 Å². The molecule has 1 atom stereocenters. The summed E-state index contributed by atoms with van der Waals surface area (Å²) < 4.78 is 0.925. The van der Waals surface area contributed by atoms with E-state index in [1.807, 2.05) is 80.6 Å². The number of rotatable bonds is 9. The SMILES string of the molecule is CC(C)NC(=O)C(Cc1ccccc1)N(Cc1cccc(Br)c1)C(=O)Cc1cccc(Cl)c1. The molecule has 3 rings (SSSR count). The van der Waals surface area contributed by atoms with Crippen LogP contribution < -0.4 is 5.32 Å². The smallest absolute Gasteiger partial charge is 0.243 e. The van der Waals surface area contributed by atoms with Crippen molar-refractivity contribution in [2.75, 3.05) is 0 Å². The summed E-state index contributed by atoms with van der Waals surface area (Å²) in [5.41, 5.74) is 2.75. The van der Waals surface area contributed by atoms with Crippen molar-refractivity contribution in [1.29, 1.82) is 0 Å². The number of carbonyl (C=O) groups excluding carboxylic acids is 2. The predicted molar refractivity (Wildman–Crippen MR) is 137 cm³/mol. The average molecular weight is 528 g/mol. The van der Waals surface area contributed by atoms with Gasteiger partial charge in [-0.25, -0.2) is 0 Å². The van der Waals surface area contributed by atoms with Crippen LogP contribution in [0.4, 0.5) is 0 Å². The molecule has 0 aromatic heterocycles. The molecule has 0 heterocycles. The molecular formula is C27H28BrClN2O2. The Balaban J connectivity index is 1.97. The van der Waals surface area contributed by atoms with Crippen molar-refractivity contribution in [2.45, 2.75) is 45.3 Å². The molecule has 1 unspecified atom stereocenters. The van der Waals surface area contributed by atoms with Crippen molar-refractivity contribution in [3.8, 4) is 0 Å². The molecule has 0 spiro atoms. The molecule has 4 nitrogen and oxygen atoms in total. The quantitative estimate of drug-likeness (QED) is 0.382. The van der Waals surface area contributed by atoms with E-state index in [-0.39, 0.29) is 24.3 Å². The fourth-order valence-electron chi connectivity index (χ4n) is 3.69. The Hall–Kier alpha value is -2.63. The number of nitrogens with one attached hydrogen (secondary N) is 1. The zero-order valence-electron chi connectivity index (χ0n) is 18.8. The third-order valence-electron chi connectivity index (χ3n) is 5.19. The first-order valence-corrected chi connectivity index (χ1v) is 12.1. The van der Waals surface area contributed by atoms with E-state index in [1.165, 1.54) is 0 Å². The van der Waals surface area contributed by atoms with Crippen molar-refractivity contribution in [3.63, 3.8) is 0 Å². The number of hydrogen-bond acceptors (Lipinski definition) is 2. The molecular weight excluding hydrogens is 500 g/mol. The highest BCUT2D eigenvalue weighted by molar-refractivity contribution is 9.10. The minimum Gasteiger partial charge on any atom is -0.352 e. The van der Waals surface area contributed by atoms with Crippen LogP contribution in [0.1, 0.15) is 30.5 Å². The second kappa shape index (κ2) is 12.0. The Bertz CT molecular complexity index is 1090. The minimum atomic E-state index is -0.652. The Morgan fingerprint density at radius 3 is 2.24 bits per heavy atom. The van der Waals surface area contributed by atoms with Crippen LogP contribution in [0.2, 0.25) is 5.02 Å². The lowest BCUT2D eigenvalue weighted by Crippen LogP contribution is -2.52. The van der Waals surface area contributed by atoms with Gasteiger partial charge in [0.15, 0.2) is 0 Å². The molecule has 0 aliphatic carbocycles. The van der Waals surface area contributed by atoms with Crippen molar-refractivity contribution < 1.29 is 9.59 Å². The van der Waals surface area contributed by atoms with Gasteiger partial charge in [-0.2, -0.15) is 0 Å². The highest BCUT2D eigenvalue weighted by Crippen LogP contribution is 2.20. The van der Waals surface area contributed by atoms with Gasteiger partial charge in [0.25, 0.3) is 0 Å². The monoisotopic (exact) mass is 526 g/mol. The van der Waals surface area contributed by atoms with E-state index >= 15 is 0 Å². The zero-order chi connectivity index (χ0) is 23.8. The molecule has 0 aliphatic rings. The summed E-state index contributed by atoms with van der Waals surface area (Å²) in [6.07, 6.45) is 0.587. The summed E-state index contributed by atoms with van der Waals surface area (Å²) in [7, 11) is 0. The number of nitrogens with zero attached hydrogens (tertiary/aromatic N) is 1. The minimum absolute atomic E-state index is 0.0356. The molecule has 172 valence electrons. The third kappa shape index (κ3) is 7.72. The number of halogens is 2. The highest BCUT2D eigenvalue weighted by Gasteiger charge is 2.30. The van der Waals surface area contributed by atoms with Gasteiger partial charge < -0.3 is 10.2 Å². The second-order valence-electron chi connectivity index (χ2n) is 8.33. The third-order valence-corrected chi connectivity index (χ3v) is 5.92. The van der Waals surface area contributed by atoms with Gasteiger partial charge in [0.05, 0.1) is 6.42 Å². The molecule has 0 radical (unpaired) electrons. The van der Waals surface area contributed by atoms with Gasteiger partial charge in [0.2, 0.25) is 11.8 Å². The number of carbonyl (C=O) groups is 2. The maximum atomic E-state index is 13.6. The van der Waals surface area contributed by atoms with Crippen LogP contribution >= 0.6 is 27.5 Å². The summed E-state index contributed by atoms with van der Waals surface area (Å²) in [4.78, 5) is 28.6. The molecule has 0 aliphatic heterocycles. The molecule has 1 N–H and O–H groups in total. The Morgan fingerprint density at radius 2 is 1.58 bits per heavy atom. The maximum Gasteiger partial charge on any atom is 0.243 e. The highest BCUT2D eigenvalue weighted by atomic mass is 79.9. The van der Waals surface area contributed by atoms with Crippen LogP contribution in [0, 0.1) is 0 Å². The molecule has 33 heavy (non-hydrogen) atoms. The molecule has 0 fully saturated rings. The summed E-state index contributed by atoms with van der Waals surface area (Å²) in [6, 6.07) is 24.2. The standard InChI is InChI=1S/C27H28BrClN2O2/c1-19(2)30-27(33)25(16-20-8-4-3-5-9-20)31(18-22-11-6-12-23(28)14-22)26(32)17-21-10-7-13-24(29)15-21/h3-15,19,25H,16-18H2,1-2H3,(H,30,33). The molecule has 2 amide bonds. The topological polar surface area (TPSA) is 49.4 Å². The predicted octanol–water partition coefficient (Wildman–Crippen LogP) is 5.81. The van der Waals surface area contributed by atoms with E-state index in [0.717, 1.165) is 21.2 Å². The van der Waals surface area contributed by atoms with E-state index in [4.69, 9.17) is 11.6 Å². The lowest BCUT2D eigenvalue weighted by atomic mass is 10.0. The van der Waals surface area contributed by atoms with E-state index < -0.39 is 6.04 Å². The molecule has 0 saturated heterocycles. The van der Waals surface area contributed by atoms with Gasteiger partial charge in [0.1, 0.15) is 6.04 Å².